The number of rotatable bonds is 16. The first-order valence-electron chi connectivity index (χ1n) is 18.8. The minimum Gasteiger partial charge on any atom is -0.465 e. The van der Waals surface area contributed by atoms with Crippen molar-refractivity contribution >= 4 is 29.8 Å². The summed E-state index contributed by atoms with van der Waals surface area (Å²) < 4.78 is 26.7. The van der Waals surface area contributed by atoms with Crippen LogP contribution in [-0.4, -0.2) is 55.3 Å². The second-order valence-corrected chi connectivity index (χ2v) is 14.4. The zero-order valence-electron chi connectivity index (χ0n) is 29.9. The predicted octanol–water partition coefficient (Wildman–Crippen LogP) is 7.24. The van der Waals surface area contributed by atoms with Gasteiger partial charge in [-0.05, 0) is 107 Å². The maximum absolute atomic E-state index is 13.0. The summed E-state index contributed by atoms with van der Waals surface area (Å²) in [5.74, 6) is 0.742. The van der Waals surface area contributed by atoms with E-state index in [1.54, 1.807) is 19.1 Å². The Morgan fingerprint density at radius 1 is 0.760 bits per heavy atom. The quantitative estimate of drug-likeness (QED) is 0.0754. The van der Waals surface area contributed by atoms with Gasteiger partial charge < -0.3 is 23.7 Å². The van der Waals surface area contributed by atoms with Crippen LogP contribution in [0.15, 0.2) is 36.9 Å². The third-order valence-corrected chi connectivity index (χ3v) is 10.8. The Morgan fingerprint density at radius 3 is 1.92 bits per heavy atom. The van der Waals surface area contributed by atoms with Crippen LogP contribution in [-0.2, 0) is 49.3 Å². The van der Waals surface area contributed by atoms with Gasteiger partial charge in [0.25, 0.3) is 0 Å². The van der Waals surface area contributed by atoms with Gasteiger partial charge >= 0.3 is 29.8 Å². The maximum atomic E-state index is 13.0. The van der Waals surface area contributed by atoms with Crippen molar-refractivity contribution in [3.63, 3.8) is 0 Å². The molecule has 0 N–H and O–H groups in total. The first-order valence-corrected chi connectivity index (χ1v) is 18.8. The zero-order valence-corrected chi connectivity index (χ0v) is 29.9. The molecule has 0 bridgehead atoms. The maximum Gasteiger partial charge on any atom is 0.330 e. The van der Waals surface area contributed by atoms with Gasteiger partial charge in [0, 0.05) is 12.5 Å². The van der Waals surface area contributed by atoms with E-state index in [9.17, 15) is 24.0 Å². The van der Waals surface area contributed by atoms with Crippen LogP contribution in [0.5, 0.6) is 5.75 Å². The summed E-state index contributed by atoms with van der Waals surface area (Å²) >= 11 is 0. The molecule has 0 amide bonds. The first-order chi connectivity index (χ1) is 24.1. The third kappa shape index (κ3) is 12.9. The van der Waals surface area contributed by atoms with Crippen molar-refractivity contribution in [1.29, 1.82) is 0 Å². The molecular formula is C40H56O10. The number of carbonyl (C=O) groups is 5. The van der Waals surface area contributed by atoms with Crippen LogP contribution >= 0.6 is 0 Å². The van der Waals surface area contributed by atoms with Crippen molar-refractivity contribution in [2.24, 2.45) is 29.6 Å². The summed E-state index contributed by atoms with van der Waals surface area (Å²) in [5.41, 5.74) is 0.898. The summed E-state index contributed by atoms with van der Waals surface area (Å²) in [6, 6.07) is 7.07. The van der Waals surface area contributed by atoms with E-state index in [2.05, 4.69) is 13.5 Å². The Bertz CT molecular complexity index is 1270. The normalized spacial score (nSPS) is 25.7. The largest absolute Gasteiger partial charge is 0.465 e. The van der Waals surface area contributed by atoms with Gasteiger partial charge in [-0.15, -0.1) is 0 Å². The Balaban J connectivity index is 1.05. The van der Waals surface area contributed by atoms with Gasteiger partial charge in [0.1, 0.15) is 24.6 Å². The van der Waals surface area contributed by atoms with Crippen molar-refractivity contribution in [2.45, 2.75) is 129 Å². The van der Waals surface area contributed by atoms with Crippen LogP contribution in [0.1, 0.15) is 116 Å². The number of esters is 5. The highest BCUT2D eigenvalue weighted by Crippen LogP contribution is 2.42. The van der Waals surface area contributed by atoms with Gasteiger partial charge in [-0.3, -0.25) is 19.2 Å². The third-order valence-electron chi connectivity index (χ3n) is 10.8. The Labute approximate surface area is 297 Å². The number of ether oxygens (including phenoxy) is 5. The molecule has 1 aromatic rings. The van der Waals surface area contributed by atoms with E-state index >= 15 is 0 Å². The van der Waals surface area contributed by atoms with E-state index in [-0.39, 0.29) is 55.9 Å². The van der Waals surface area contributed by atoms with Crippen LogP contribution in [0.3, 0.4) is 0 Å². The summed E-state index contributed by atoms with van der Waals surface area (Å²) in [7, 11) is 0. The van der Waals surface area contributed by atoms with Crippen LogP contribution < -0.4 is 4.74 Å². The average molecular weight is 697 g/mol. The molecule has 0 radical (unpaired) electrons. The monoisotopic (exact) mass is 696 g/mol. The van der Waals surface area contributed by atoms with Gasteiger partial charge in [-0.2, -0.15) is 0 Å². The van der Waals surface area contributed by atoms with Crippen molar-refractivity contribution in [2.75, 3.05) is 13.2 Å². The lowest BCUT2D eigenvalue weighted by Crippen LogP contribution is -2.33. The minimum absolute atomic E-state index is 0.0187. The molecular weight excluding hydrogens is 640 g/mol. The van der Waals surface area contributed by atoms with Gasteiger partial charge in [-0.1, -0.05) is 44.9 Å². The SMILES string of the molecule is C=CC(=O)OC(C)COC(=O)CCC(=O)OCCc1ccc(OC(=O)C2CCC(OC(=O)C3CCC(C4CCC(CC)CC4)CC3)CC2)cc1. The molecule has 50 heavy (non-hydrogen) atoms. The summed E-state index contributed by atoms with van der Waals surface area (Å²) in [4.78, 5) is 60.8. The summed E-state index contributed by atoms with van der Waals surface area (Å²) in [6.45, 7) is 7.21. The highest BCUT2D eigenvalue weighted by molar-refractivity contribution is 5.81. The molecule has 10 nitrogen and oxygen atoms in total. The van der Waals surface area contributed by atoms with E-state index in [1.807, 2.05) is 12.1 Å². The Hall–Kier alpha value is -3.69. The second-order valence-electron chi connectivity index (χ2n) is 14.4. The minimum atomic E-state index is -0.622. The van der Waals surface area contributed by atoms with Crippen LogP contribution in [0, 0.1) is 29.6 Å². The smallest absolute Gasteiger partial charge is 0.330 e. The molecule has 3 fully saturated rings. The molecule has 1 aromatic carbocycles. The van der Waals surface area contributed by atoms with Crippen molar-refractivity contribution < 1.29 is 47.7 Å². The number of hydrogen-bond donors (Lipinski definition) is 0. The fourth-order valence-corrected chi connectivity index (χ4v) is 7.62. The van der Waals surface area contributed by atoms with Gasteiger partial charge in [-0.25, -0.2) is 4.79 Å². The lowest BCUT2D eigenvalue weighted by Gasteiger charge is -2.37. The van der Waals surface area contributed by atoms with Crippen molar-refractivity contribution in [1.82, 2.24) is 0 Å². The number of benzene rings is 1. The zero-order chi connectivity index (χ0) is 35.9. The average Bonchev–Trinajstić information content (AvgIpc) is 3.14. The van der Waals surface area contributed by atoms with Gasteiger partial charge in [0.05, 0.1) is 31.3 Å². The van der Waals surface area contributed by atoms with Crippen LogP contribution in [0.4, 0.5) is 0 Å². The Morgan fingerprint density at radius 2 is 1.32 bits per heavy atom. The topological polar surface area (TPSA) is 132 Å². The van der Waals surface area contributed by atoms with Crippen molar-refractivity contribution in [3.8, 4) is 5.75 Å². The van der Waals surface area contributed by atoms with Gasteiger partial charge in [0.15, 0.2) is 0 Å². The molecule has 3 saturated carbocycles. The van der Waals surface area contributed by atoms with E-state index in [0.717, 1.165) is 55.1 Å². The summed E-state index contributed by atoms with van der Waals surface area (Å²) in [5, 5.41) is 0. The first kappa shape index (κ1) is 39.1. The number of hydrogen-bond acceptors (Lipinski definition) is 10. The van der Waals surface area contributed by atoms with E-state index in [4.69, 9.17) is 23.7 Å². The lowest BCUT2D eigenvalue weighted by atomic mass is 9.69. The Kier molecular flexibility index (Phi) is 15.8. The molecule has 3 aliphatic rings. The molecule has 0 spiro atoms. The molecule has 3 aliphatic carbocycles. The molecule has 276 valence electrons. The fourth-order valence-electron chi connectivity index (χ4n) is 7.62. The molecule has 0 aromatic heterocycles. The van der Waals surface area contributed by atoms with Crippen LogP contribution in [0.2, 0.25) is 0 Å². The highest BCUT2D eigenvalue weighted by Gasteiger charge is 2.35. The highest BCUT2D eigenvalue weighted by atomic mass is 16.6. The van der Waals surface area contributed by atoms with E-state index in [0.29, 0.717) is 37.9 Å². The summed E-state index contributed by atoms with van der Waals surface area (Å²) in [6.07, 6.45) is 14.0. The molecule has 0 heterocycles. The molecule has 1 atom stereocenters. The predicted molar refractivity (Wildman–Crippen MR) is 186 cm³/mol. The van der Waals surface area contributed by atoms with E-state index < -0.39 is 24.0 Å². The fraction of sp³-hybridized carbons (Fsp3) is 0.675. The lowest BCUT2D eigenvalue weighted by molar-refractivity contribution is -0.158. The molecule has 0 saturated heterocycles. The number of carbonyl (C=O) groups excluding carboxylic acids is 5. The molecule has 4 rings (SSSR count). The molecule has 10 heteroatoms. The van der Waals surface area contributed by atoms with Crippen molar-refractivity contribution in [3.05, 3.63) is 42.5 Å². The van der Waals surface area contributed by atoms with Crippen LogP contribution in [0.25, 0.3) is 0 Å². The molecule has 1 unspecified atom stereocenters. The standard InChI is InChI=1S/C40H56O10/c1-4-28-6-10-30(11-7-28)31-12-14-32(15-13-31)39(44)50-35-20-16-33(17-21-35)40(45)49-34-18-8-29(9-19-34)24-25-46-37(42)22-23-38(43)47-26-27(3)48-36(41)5-2/h5,8-9,18-19,27-28,30-33,35H,2,4,6-7,10-17,20-26H2,1,3H3. The van der Waals surface area contributed by atoms with Gasteiger partial charge in [0.2, 0.25) is 0 Å². The molecule has 0 aliphatic heterocycles. The second kappa shape index (κ2) is 20.2. The van der Waals surface area contributed by atoms with E-state index in [1.165, 1.54) is 32.1 Å².